The minimum atomic E-state index is 0.0128. The van der Waals surface area contributed by atoms with Crippen LogP contribution in [0.15, 0.2) is 30.6 Å². The van der Waals surface area contributed by atoms with Crippen molar-refractivity contribution in [3.63, 3.8) is 0 Å². The molecule has 0 fully saturated rings. The average Bonchev–Trinajstić information content (AvgIpc) is 3.10. The van der Waals surface area contributed by atoms with E-state index >= 15 is 0 Å². The molecule has 0 radical (unpaired) electrons. The molecule has 0 aliphatic rings. The van der Waals surface area contributed by atoms with Gasteiger partial charge >= 0.3 is 0 Å². The summed E-state index contributed by atoms with van der Waals surface area (Å²) in [7, 11) is 1.83. The van der Waals surface area contributed by atoms with E-state index in [1.165, 1.54) is 5.56 Å². The Morgan fingerprint density at radius 1 is 1.41 bits per heavy atom. The fraction of sp³-hybridized carbons (Fsp3) is 0.312. The molecule has 0 aliphatic carbocycles. The van der Waals surface area contributed by atoms with Gasteiger partial charge in [0.05, 0.1) is 24.0 Å². The Labute approximate surface area is 128 Å². The van der Waals surface area contributed by atoms with Crippen molar-refractivity contribution in [3.8, 4) is 0 Å². The molecule has 1 aromatic carbocycles. The van der Waals surface area contributed by atoms with Crippen LogP contribution in [0, 0.1) is 6.92 Å². The van der Waals surface area contributed by atoms with Gasteiger partial charge in [0.2, 0.25) is 0 Å². The summed E-state index contributed by atoms with van der Waals surface area (Å²) in [5.41, 5.74) is 3.76. The summed E-state index contributed by atoms with van der Waals surface area (Å²) in [6, 6.07) is 6.07. The molecular weight excluding hydrogens is 278 g/mol. The Bertz CT molecular complexity index is 817. The van der Waals surface area contributed by atoms with Crippen LogP contribution < -0.4 is 0 Å². The summed E-state index contributed by atoms with van der Waals surface area (Å²) in [5.74, 6) is 0.0128. The Kier molecular flexibility index (Phi) is 3.66. The van der Waals surface area contributed by atoms with Gasteiger partial charge in [0.25, 0.3) is 5.91 Å². The number of rotatable bonds is 4. The third kappa shape index (κ3) is 2.47. The molecule has 0 spiro atoms. The van der Waals surface area contributed by atoms with E-state index in [1.54, 1.807) is 22.0 Å². The van der Waals surface area contributed by atoms with E-state index < -0.39 is 0 Å². The van der Waals surface area contributed by atoms with Crippen molar-refractivity contribution in [3.05, 3.63) is 47.4 Å². The van der Waals surface area contributed by atoms with Crippen LogP contribution in [-0.2, 0) is 13.6 Å². The van der Waals surface area contributed by atoms with Gasteiger partial charge < -0.3 is 9.88 Å². The van der Waals surface area contributed by atoms with Crippen LogP contribution in [0.3, 0.4) is 0 Å². The standard InChI is InChI=1S/C16H19N5O/c1-4-21(10-12-8-18-19-20(12)3)16(22)14-9-17-15-7-11(2)5-6-13(14)15/h5-9,17H,4,10H2,1-3H3. The predicted octanol–water partition coefficient (Wildman–Crippen LogP) is 2.27. The summed E-state index contributed by atoms with van der Waals surface area (Å²) in [6.07, 6.45) is 3.48. The lowest BCUT2D eigenvalue weighted by molar-refractivity contribution is 0.0751. The number of nitrogens with zero attached hydrogens (tertiary/aromatic N) is 4. The second-order valence-electron chi connectivity index (χ2n) is 5.42. The number of aromatic amines is 1. The SMILES string of the molecule is CCN(Cc1cnnn1C)C(=O)c1c[nH]c2cc(C)ccc12. The number of fused-ring (bicyclic) bond motifs is 1. The van der Waals surface area contributed by atoms with E-state index in [0.717, 1.165) is 16.6 Å². The number of benzene rings is 1. The van der Waals surface area contributed by atoms with Gasteiger partial charge in [0.15, 0.2) is 0 Å². The van der Waals surface area contributed by atoms with Gasteiger partial charge in [-0.15, -0.1) is 5.10 Å². The van der Waals surface area contributed by atoms with E-state index in [1.807, 2.05) is 39.1 Å². The minimum absolute atomic E-state index is 0.0128. The first-order valence-electron chi connectivity index (χ1n) is 7.30. The molecule has 3 rings (SSSR count). The second-order valence-corrected chi connectivity index (χ2v) is 5.42. The Balaban J connectivity index is 1.91. The first-order chi connectivity index (χ1) is 10.6. The maximum Gasteiger partial charge on any atom is 0.256 e. The number of carbonyl (C=O) groups excluding carboxylic acids is 1. The maximum absolute atomic E-state index is 12.8. The van der Waals surface area contributed by atoms with Crippen LogP contribution in [0.4, 0.5) is 0 Å². The Hall–Kier alpha value is -2.63. The van der Waals surface area contributed by atoms with Gasteiger partial charge in [-0.2, -0.15) is 0 Å². The highest BCUT2D eigenvalue weighted by molar-refractivity contribution is 6.06. The van der Waals surface area contributed by atoms with Gasteiger partial charge in [0.1, 0.15) is 0 Å². The summed E-state index contributed by atoms with van der Waals surface area (Å²) in [4.78, 5) is 17.8. The molecule has 2 heterocycles. The van der Waals surface area contributed by atoms with Gasteiger partial charge in [-0.1, -0.05) is 17.3 Å². The van der Waals surface area contributed by atoms with Crippen LogP contribution in [0.25, 0.3) is 10.9 Å². The lowest BCUT2D eigenvalue weighted by atomic mass is 10.1. The largest absolute Gasteiger partial charge is 0.360 e. The van der Waals surface area contributed by atoms with Crippen molar-refractivity contribution < 1.29 is 4.79 Å². The molecule has 0 saturated carbocycles. The molecule has 0 atom stereocenters. The van der Waals surface area contributed by atoms with Crippen molar-refractivity contribution in [2.24, 2.45) is 7.05 Å². The van der Waals surface area contributed by atoms with E-state index in [2.05, 4.69) is 15.3 Å². The third-order valence-electron chi connectivity index (χ3n) is 3.90. The summed E-state index contributed by atoms with van der Waals surface area (Å²) in [6.45, 7) is 5.14. The molecule has 0 bridgehead atoms. The summed E-state index contributed by atoms with van der Waals surface area (Å²) in [5, 5.41) is 8.72. The molecular formula is C16H19N5O. The fourth-order valence-corrected chi connectivity index (χ4v) is 2.56. The van der Waals surface area contributed by atoms with Crippen LogP contribution >= 0.6 is 0 Å². The van der Waals surface area contributed by atoms with Gasteiger partial charge in [0, 0.05) is 30.7 Å². The Morgan fingerprint density at radius 2 is 2.23 bits per heavy atom. The minimum Gasteiger partial charge on any atom is -0.360 e. The van der Waals surface area contributed by atoms with E-state index in [-0.39, 0.29) is 5.91 Å². The number of aryl methyl sites for hydroxylation is 2. The summed E-state index contributed by atoms with van der Waals surface area (Å²) < 4.78 is 1.69. The molecule has 0 unspecified atom stereocenters. The van der Waals surface area contributed by atoms with Crippen LogP contribution in [-0.4, -0.2) is 37.3 Å². The predicted molar refractivity (Wildman–Crippen MR) is 84.5 cm³/mol. The van der Waals surface area contributed by atoms with Crippen LogP contribution in [0.1, 0.15) is 28.5 Å². The van der Waals surface area contributed by atoms with E-state index in [4.69, 9.17) is 0 Å². The molecule has 2 aromatic heterocycles. The normalized spacial score (nSPS) is 11.0. The van der Waals surface area contributed by atoms with E-state index in [9.17, 15) is 4.79 Å². The lowest BCUT2D eigenvalue weighted by Gasteiger charge is -2.20. The molecule has 0 aliphatic heterocycles. The molecule has 1 amide bonds. The number of hydrogen-bond donors (Lipinski definition) is 1. The maximum atomic E-state index is 12.8. The number of nitrogens with one attached hydrogen (secondary N) is 1. The number of aromatic nitrogens is 4. The number of hydrogen-bond acceptors (Lipinski definition) is 3. The first-order valence-corrected chi connectivity index (χ1v) is 7.30. The zero-order valence-electron chi connectivity index (χ0n) is 13.0. The highest BCUT2D eigenvalue weighted by Crippen LogP contribution is 2.21. The smallest absolute Gasteiger partial charge is 0.256 e. The zero-order chi connectivity index (χ0) is 15.7. The van der Waals surface area contributed by atoms with Crippen molar-refractivity contribution in [2.75, 3.05) is 6.54 Å². The average molecular weight is 297 g/mol. The molecule has 6 heteroatoms. The molecule has 114 valence electrons. The zero-order valence-corrected chi connectivity index (χ0v) is 13.0. The number of amides is 1. The molecule has 0 saturated heterocycles. The van der Waals surface area contributed by atoms with Crippen molar-refractivity contribution in [2.45, 2.75) is 20.4 Å². The third-order valence-corrected chi connectivity index (χ3v) is 3.90. The fourth-order valence-electron chi connectivity index (χ4n) is 2.56. The van der Waals surface area contributed by atoms with Crippen molar-refractivity contribution in [1.82, 2.24) is 24.9 Å². The monoisotopic (exact) mass is 297 g/mol. The van der Waals surface area contributed by atoms with Crippen molar-refractivity contribution in [1.29, 1.82) is 0 Å². The molecule has 3 aromatic rings. The molecule has 6 nitrogen and oxygen atoms in total. The van der Waals surface area contributed by atoms with Gasteiger partial charge in [-0.25, -0.2) is 0 Å². The molecule has 1 N–H and O–H groups in total. The number of carbonyl (C=O) groups is 1. The topological polar surface area (TPSA) is 66.8 Å². The van der Waals surface area contributed by atoms with E-state index in [0.29, 0.717) is 18.7 Å². The first kappa shape index (κ1) is 14.3. The highest BCUT2D eigenvalue weighted by Gasteiger charge is 2.19. The van der Waals surface area contributed by atoms with Gasteiger partial charge in [-0.05, 0) is 25.5 Å². The Morgan fingerprint density at radius 3 is 2.91 bits per heavy atom. The van der Waals surface area contributed by atoms with Gasteiger partial charge in [-0.3, -0.25) is 9.48 Å². The van der Waals surface area contributed by atoms with Crippen LogP contribution in [0.2, 0.25) is 0 Å². The lowest BCUT2D eigenvalue weighted by Crippen LogP contribution is -2.31. The quantitative estimate of drug-likeness (QED) is 0.803. The number of H-pyrrole nitrogens is 1. The van der Waals surface area contributed by atoms with Crippen molar-refractivity contribution >= 4 is 16.8 Å². The van der Waals surface area contributed by atoms with Crippen LogP contribution in [0.5, 0.6) is 0 Å². The second kappa shape index (κ2) is 5.63. The summed E-state index contributed by atoms with van der Waals surface area (Å²) >= 11 is 0. The molecule has 22 heavy (non-hydrogen) atoms. The highest BCUT2D eigenvalue weighted by atomic mass is 16.2.